The average Bonchev–Trinajstić information content (AvgIpc) is 2.99. The van der Waals surface area contributed by atoms with Gasteiger partial charge < -0.3 is 14.3 Å². The number of hydrogen-bond acceptors (Lipinski definition) is 4. The molecule has 0 aliphatic heterocycles. The molecule has 0 unspecified atom stereocenters. The Hall–Kier alpha value is -2.21. The smallest absolute Gasteiger partial charge is 0.222 e. The van der Waals surface area contributed by atoms with Gasteiger partial charge in [0.2, 0.25) is 5.91 Å². The van der Waals surface area contributed by atoms with Crippen LogP contribution in [0.15, 0.2) is 35.0 Å². The minimum atomic E-state index is -0.299. The Morgan fingerprint density at radius 1 is 1.17 bits per heavy atom. The van der Waals surface area contributed by atoms with E-state index in [1.165, 1.54) is 12.1 Å². The van der Waals surface area contributed by atoms with E-state index in [1.807, 2.05) is 19.0 Å². The Kier molecular flexibility index (Phi) is 5.87. The second kappa shape index (κ2) is 7.87. The molecule has 1 aromatic carbocycles. The van der Waals surface area contributed by atoms with Crippen molar-refractivity contribution in [3.8, 4) is 11.3 Å². The molecule has 23 heavy (non-hydrogen) atoms. The number of rotatable bonds is 7. The normalized spacial score (nSPS) is 11.0. The Morgan fingerprint density at radius 3 is 2.52 bits per heavy atom. The van der Waals surface area contributed by atoms with Crippen molar-refractivity contribution in [1.82, 2.24) is 15.0 Å². The Morgan fingerprint density at radius 2 is 1.87 bits per heavy atom. The number of hydrogen-bond donors (Lipinski definition) is 0. The molecule has 5 nitrogen and oxygen atoms in total. The van der Waals surface area contributed by atoms with Gasteiger partial charge in [0.25, 0.3) is 0 Å². The molecule has 0 saturated carbocycles. The molecule has 0 aliphatic carbocycles. The number of benzene rings is 1. The molecule has 0 fully saturated rings. The zero-order valence-electron chi connectivity index (χ0n) is 13.8. The summed E-state index contributed by atoms with van der Waals surface area (Å²) in [7, 11) is 5.76. The maximum absolute atomic E-state index is 13.0. The zero-order chi connectivity index (χ0) is 16.8. The van der Waals surface area contributed by atoms with Gasteiger partial charge in [-0.05, 0) is 44.8 Å². The van der Waals surface area contributed by atoms with Gasteiger partial charge in [0, 0.05) is 37.7 Å². The lowest BCUT2D eigenvalue weighted by Gasteiger charge is -2.19. The van der Waals surface area contributed by atoms with Crippen molar-refractivity contribution in [1.29, 1.82) is 0 Å². The summed E-state index contributed by atoms with van der Waals surface area (Å²) < 4.78 is 18.3. The molecule has 6 heteroatoms. The molecule has 0 radical (unpaired) electrons. The molecule has 0 bridgehead atoms. The minimum Gasteiger partial charge on any atom is -0.356 e. The van der Waals surface area contributed by atoms with Crippen molar-refractivity contribution >= 4 is 5.91 Å². The fourth-order valence-electron chi connectivity index (χ4n) is 2.18. The van der Waals surface area contributed by atoms with Gasteiger partial charge in [-0.2, -0.15) is 0 Å². The summed E-state index contributed by atoms with van der Waals surface area (Å²) in [6, 6.07) is 6.04. The Bertz CT molecular complexity index is 638. The van der Waals surface area contributed by atoms with E-state index in [4.69, 9.17) is 4.52 Å². The second-order valence-electron chi connectivity index (χ2n) is 5.81. The van der Waals surface area contributed by atoms with E-state index in [-0.39, 0.29) is 11.7 Å². The van der Waals surface area contributed by atoms with Crippen molar-refractivity contribution in [2.24, 2.45) is 0 Å². The third-order valence-corrected chi connectivity index (χ3v) is 3.67. The molecule has 0 atom stereocenters. The van der Waals surface area contributed by atoms with E-state index in [0.717, 1.165) is 17.7 Å². The molecule has 124 valence electrons. The van der Waals surface area contributed by atoms with Crippen LogP contribution in [0.25, 0.3) is 11.3 Å². The summed E-state index contributed by atoms with van der Waals surface area (Å²) in [5, 5.41) is 3.80. The summed E-state index contributed by atoms with van der Waals surface area (Å²) in [5.41, 5.74) is 1.61. The number of carbonyl (C=O) groups is 1. The van der Waals surface area contributed by atoms with E-state index in [2.05, 4.69) is 5.16 Å². The Labute approximate surface area is 135 Å². The van der Waals surface area contributed by atoms with E-state index in [1.54, 1.807) is 30.3 Å². The average molecular weight is 319 g/mol. The molecule has 0 aliphatic rings. The predicted octanol–water partition coefficient (Wildman–Crippen LogP) is 2.43. The molecule has 1 aromatic heterocycles. The highest BCUT2D eigenvalue weighted by atomic mass is 19.1. The first kappa shape index (κ1) is 17.1. The first-order valence-electron chi connectivity index (χ1n) is 7.55. The predicted molar refractivity (Wildman–Crippen MR) is 86.4 cm³/mol. The summed E-state index contributed by atoms with van der Waals surface area (Å²) in [5.74, 6) is 0.374. The van der Waals surface area contributed by atoms with E-state index in [9.17, 15) is 9.18 Å². The van der Waals surface area contributed by atoms with Gasteiger partial charge >= 0.3 is 0 Å². The van der Waals surface area contributed by atoms with Crippen LogP contribution in [-0.4, -0.2) is 55.1 Å². The summed E-state index contributed by atoms with van der Waals surface area (Å²) in [6.07, 6.45) is 2.55. The molecule has 0 spiro atoms. The third kappa shape index (κ3) is 4.89. The van der Waals surface area contributed by atoms with Crippen LogP contribution in [-0.2, 0) is 11.2 Å². The zero-order valence-corrected chi connectivity index (χ0v) is 13.8. The van der Waals surface area contributed by atoms with E-state index < -0.39 is 0 Å². The van der Waals surface area contributed by atoms with Crippen LogP contribution in [0, 0.1) is 5.82 Å². The van der Waals surface area contributed by atoms with Crippen LogP contribution in [0.3, 0.4) is 0 Å². The van der Waals surface area contributed by atoms with Crippen molar-refractivity contribution in [3.63, 3.8) is 0 Å². The van der Waals surface area contributed by atoms with Crippen molar-refractivity contribution in [3.05, 3.63) is 41.8 Å². The lowest BCUT2D eigenvalue weighted by Crippen LogP contribution is -2.33. The van der Waals surface area contributed by atoms with Gasteiger partial charge in [-0.1, -0.05) is 5.16 Å². The third-order valence-electron chi connectivity index (χ3n) is 3.67. The first-order valence-corrected chi connectivity index (χ1v) is 7.55. The first-order chi connectivity index (χ1) is 11.0. The standard InChI is InChI=1S/C17H22FN3O2/c1-20(2)10-11-21(3)16(22)9-6-14-12-19-23-17(14)13-4-7-15(18)8-5-13/h4-5,7-8,12H,6,9-11H2,1-3H3. The molecular weight excluding hydrogens is 297 g/mol. The molecular formula is C17H22FN3O2. The highest BCUT2D eigenvalue weighted by Gasteiger charge is 2.14. The number of amides is 1. The largest absolute Gasteiger partial charge is 0.356 e. The van der Waals surface area contributed by atoms with Gasteiger partial charge in [-0.3, -0.25) is 4.79 Å². The summed E-state index contributed by atoms with van der Waals surface area (Å²) in [4.78, 5) is 15.9. The highest BCUT2D eigenvalue weighted by molar-refractivity contribution is 5.76. The molecule has 0 saturated heterocycles. The number of aryl methyl sites for hydroxylation is 1. The topological polar surface area (TPSA) is 49.6 Å². The maximum Gasteiger partial charge on any atom is 0.222 e. The highest BCUT2D eigenvalue weighted by Crippen LogP contribution is 2.24. The number of halogens is 1. The summed E-state index contributed by atoms with van der Waals surface area (Å²) in [6.45, 7) is 1.52. The number of aromatic nitrogens is 1. The van der Waals surface area contributed by atoms with Crippen molar-refractivity contribution in [2.45, 2.75) is 12.8 Å². The number of likely N-dealkylation sites (N-methyl/N-ethyl adjacent to an activating group) is 2. The second-order valence-corrected chi connectivity index (χ2v) is 5.81. The van der Waals surface area contributed by atoms with Crippen LogP contribution in [0.5, 0.6) is 0 Å². The van der Waals surface area contributed by atoms with Crippen molar-refractivity contribution in [2.75, 3.05) is 34.2 Å². The van der Waals surface area contributed by atoms with Crippen LogP contribution < -0.4 is 0 Å². The summed E-state index contributed by atoms with van der Waals surface area (Å²) >= 11 is 0. The van der Waals surface area contributed by atoms with Crippen LogP contribution in [0.1, 0.15) is 12.0 Å². The lowest BCUT2D eigenvalue weighted by molar-refractivity contribution is -0.129. The fraction of sp³-hybridized carbons (Fsp3) is 0.412. The molecule has 1 heterocycles. The van der Waals surface area contributed by atoms with Gasteiger partial charge in [0.1, 0.15) is 5.82 Å². The van der Waals surface area contributed by atoms with Gasteiger partial charge in [-0.25, -0.2) is 4.39 Å². The van der Waals surface area contributed by atoms with Gasteiger partial charge in [0.05, 0.1) is 6.20 Å². The van der Waals surface area contributed by atoms with Gasteiger partial charge in [-0.15, -0.1) is 0 Å². The van der Waals surface area contributed by atoms with E-state index in [0.29, 0.717) is 25.1 Å². The molecule has 2 aromatic rings. The van der Waals surface area contributed by atoms with Crippen LogP contribution >= 0.6 is 0 Å². The minimum absolute atomic E-state index is 0.0816. The number of carbonyl (C=O) groups excluding carboxylic acids is 1. The number of nitrogens with zero attached hydrogens (tertiary/aromatic N) is 3. The lowest BCUT2D eigenvalue weighted by atomic mass is 10.1. The molecule has 2 rings (SSSR count). The quantitative estimate of drug-likeness (QED) is 0.786. The van der Waals surface area contributed by atoms with Crippen LogP contribution in [0.2, 0.25) is 0 Å². The van der Waals surface area contributed by atoms with E-state index >= 15 is 0 Å². The Balaban J connectivity index is 1.95. The monoisotopic (exact) mass is 319 g/mol. The fourth-order valence-corrected chi connectivity index (χ4v) is 2.18. The van der Waals surface area contributed by atoms with Crippen molar-refractivity contribution < 1.29 is 13.7 Å². The van der Waals surface area contributed by atoms with Crippen LogP contribution in [0.4, 0.5) is 4.39 Å². The SMILES string of the molecule is CN(C)CCN(C)C(=O)CCc1cnoc1-c1ccc(F)cc1. The van der Waals surface area contributed by atoms with Gasteiger partial charge in [0.15, 0.2) is 5.76 Å². The molecule has 0 N–H and O–H groups in total. The maximum atomic E-state index is 13.0. The molecule has 1 amide bonds.